The van der Waals surface area contributed by atoms with Crippen LogP contribution in [0.1, 0.15) is 0 Å². The Morgan fingerprint density at radius 3 is 2.54 bits per heavy atom. The smallest absolute Gasteiger partial charge is 0.233 e. The van der Waals surface area contributed by atoms with Crippen molar-refractivity contribution in [3.8, 4) is 0 Å². The lowest BCUT2D eigenvalue weighted by Gasteiger charge is -2.14. The van der Waals surface area contributed by atoms with Crippen molar-refractivity contribution in [1.82, 2.24) is 4.98 Å². The van der Waals surface area contributed by atoms with Crippen LogP contribution < -0.4 is 4.31 Å². The summed E-state index contributed by atoms with van der Waals surface area (Å²) in [6.45, 7) is 0. The molecule has 1 rings (SSSR count). The van der Waals surface area contributed by atoms with Crippen LogP contribution in [0.4, 0.5) is 10.2 Å². The molecule has 72 valence electrons. The van der Waals surface area contributed by atoms with Gasteiger partial charge in [0.2, 0.25) is 16.0 Å². The first-order valence-electron chi connectivity index (χ1n) is 3.48. The second-order valence-electron chi connectivity index (χ2n) is 2.55. The van der Waals surface area contributed by atoms with Crippen molar-refractivity contribution in [2.45, 2.75) is 0 Å². The number of aromatic nitrogens is 1. The summed E-state index contributed by atoms with van der Waals surface area (Å²) >= 11 is 0. The Bertz CT molecular complexity index is 405. The number of nitrogens with zero attached hydrogens (tertiary/aromatic N) is 2. The molecule has 0 aliphatic heterocycles. The monoisotopic (exact) mass is 204 g/mol. The van der Waals surface area contributed by atoms with Crippen LogP contribution in [0.15, 0.2) is 18.2 Å². The van der Waals surface area contributed by atoms with E-state index in [0.29, 0.717) is 0 Å². The maximum absolute atomic E-state index is 12.6. The predicted molar refractivity (Wildman–Crippen MR) is 47.4 cm³/mol. The highest BCUT2D eigenvalue weighted by molar-refractivity contribution is 7.92. The third kappa shape index (κ3) is 2.38. The molecule has 4 nitrogen and oxygen atoms in total. The summed E-state index contributed by atoms with van der Waals surface area (Å²) in [5.74, 6) is -0.629. The summed E-state index contributed by atoms with van der Waals surface area (Å²) in [6.07, 6.45) is 1.03. The van der Waals surface area contributed by atoms with Gasteiger partial charge in [0, 0.05) is 7.05 Å². The highest BCUT2D eigenvalue weighted by Crippen LogP contribution is 2.11. The molecule has 0 radical (unpaired) electrons. The zero-order chi connectivity index (χ0) is 10.1. The Labute approximate surface area is 76.1 Å². The van der Waals surface area contributed by atoms with Gasteiger partial charge in [-0.1, -0.05) is 6.07 Å². The van der Waals surface area contributed by atoms with Crippen molar-refractivity contribution in [3.63, 3.8) is 0 Å². The Hall–Kier alpha value is -1.17. The fourth-order valence-electron chi connectivity index (χ4n) is 0.743. The SMILES string of the molecule is CN(c1cccc(F)n1)S(C)(=O)=O. The normalized spacial score (nSPS) is 11.3. The fraction of sp³-hybridized carbons (Fsp3) is 0.286. The van der Waals surface area contributed by atoms with Crippen molar-refractivity contribution in [3.05, 3.63) is 24.1 Å². The number of anilines is 1. The average molecular weight is 204 g/mol. The Morgan fingerprint density at radius 1 is 1.46 bits per heavy atom. The minimum absolute atomic E-state index is 0.0718. The van der Waals surface area contributed by atoms with Gasteiger partial charge in [0.1, 0.15) is 5.82 Å². The van der Waals surface area contributed by atoms with E-state index in [-0.39, 0.29) is 5.82 Å². The summed E-state index contributed by atoms with van der Waals surface area (Å²) in [5.41, 5.74) is 0. The molecule has 0 aliphatic carbocycles. The first-order valence-corrected chi connectivity index (χ1v) is 5.32. The number of hydrogen-bond acceptors (Lipinski definition) is 3. The lowest BCUT2D eigenvalue weighted by atomic mass is 10.4. The Balaban J connectivity index is 3.10. The molecular weight excluding hydrogens is 195 g/mol. The molecule has 0 bridgehead atoms. The number of pyridine rings is 1. The molecule has 0 fully saturated rings. The van der Waals surface area contributed by atoms with E-state index in [2.05, 4.69) is 4.98 Å². The molecular formula is C7H9FN2O2S. The van der Waals surface area contributed by atoms with Gasteiger partial charge in [-0.25, -0.2) is 13.4 Å². The third-order valence-corrected chi connectivity index (χ3v) is 2.70. The average Bonchev–Trinajstić information content (AvgIpc) is 2.01. The number of rotatable bonds is 2. The van der Waals surface area contributed by atoms with E-state index in [1.165, 1.54) is 19.2 Å². The molecule has 1 aromatic heterocycles. The molecule has 1 aromatic rings. The number of halogens is 1. The molecule has 6 heteroatoms. The highest BCUT2D eigenvalue weighted by Gasteiger charge is 2.12. The minimum atomic E-state index is -3.37. The van der Waals surface area contributed by atoms with Gasteiger partial charge in [-0.2, -0.15) is 4.39 Å². The van der Waals surface area contributed by atoms with Crippen LogP contribution in [-0.4, -0.2) is 26.7 Å². The van der Waals surface area contributed by atoms with Gasteiger partial charge in [0.05, 0.1) is 6.26 Å². The van der Waals surface area contributed by atoms with E-state index in [9.17, 15) is 12.8 Å². The van der Waals surface area contributed by atoms with Crippen LogP contribution >= 0.6 is 0 Å². The Morgan fingerprint density at radius 2 is 2.08 bits per heavy atom. The van der Waals surface area contributed by atoms with Crippen LogP contribution in [0.25, 0.3) is 0 Å². The topological polar surface area (TPSA) is 50.3 Å². The molecule has 0 saturated carbocycles. The van der Waals surface area contributed by atoms with Gasteiger partial charge in [0.25, 0.3) is 0 Å². The fourth-order valence-corrected chi connectivity index (χ4v) is 1.18. The largest absolute Gasteiger partial charge is 0.257 e. The summed E-state index contributed by atoms with van der Waals surface area (Å²) < 4.78 is 35.5. The molecule has 0 amide bonds. The second-order valence-corrected chi connectivity index (χ2v) is 4.56. The second kappa shape index (κ2) is 3.29. The van der Waals surface area contributed by atoms with Crippen LogP contribution in [0.2, 0.25) is 0 Å². The van der Waals surface area contributed by atoms with E-state index < -0.39 is 16.0 Å². The number of hydrogen-bond donors (Lipinski definition) is 0. The summed E-state index contributed by atoms with van der Waals surface area (Å²) in [6, 6.07) is 3.98. The quantitative estimate of drug-likeness (QED) is 0.663. The molecule has 0 saturated heterocycles. The van der Waals surface area contributed by atoms with E-state index >= 15 is 0 Å². The molecule has 0 unspecified atom stereocenters. The third-order valence-electron chi connectivity index (χ3n) is 1.52. The molecule has 0 N–H and O–H groups in total. The molecule has 1 heterocycles. The standard InChI is InChI=1S/C7H9FN2O2S/c1-10(13(2,11)12)7-5-3-4-6(8)9-7/h3-5H,1-2H3. The summed E-state index contributed by atoms with van der Waals surface area (Å²) in [4.78, 5) is 3.42. The number of sulfonamides is 1. The molecule has 0 aromatic carbocycles. The molecule has 0 aliphatic rings. The first-order chi connectivity index (χ1) is 5.91. The summed E-state index contributed by atoms with van der Waals surface area (Å²) in [5, 5.41) is 0. The predicted octanol–water partition coefficient (Wildman–Crippen LogP) is 0.616. The molecule has 0 atom stereocenters. The van der Waals surface area contributed by atoms with E-state index in [1.54, 1.807) is 0 Å². The van der Waals surface area contributed by atoms with Crippen LogP contribution in [0.3, 0.4) is 0 Å². The van der Waals surface area contributed by atoms with Crippen molar-refractivity contribution >= 4 is 15.8 Å². The van der Waals surface area contributed by atoms with Crippen LogP contribution in [0, 0.1) is 5.95 Å². The van der Waals surface area contributed by atoms with Crippen molar-refractivity contribution in [2.24, 2.45) is 0 Å². The lowest BCUT2D eigenvalue weighted by molar-refractivity contribution is 0.582. The van der Waals surface area contributed by atoms with E-state index in [4.69, 9.17) is 0 Å². The summed E-state index contributed by atoms with van der Waals surface area (Å²) in [7, 11) is -2.05. The maximum atomic E-state index is 12.6. The van der Waals surface area contributed by atoms with Crippen molar-refractivity contribution in [1.29, 1.82) is 0 Å². The Kier molecular flexibility index (Phi) is 2.51. The molecule has 13 heavy (non-hydrogen) atoms. The zero-order valence-corrected chi connectivity index (χ0v) is 8.05. The van der Waals surface area contributed by atoms with Gasteiger partial charge in [-0.05, 0) is 12.1 Å². The van der Waals surface area contributed by atoms with Crippen LogP contribution in [0.5, 0.6) is 0 Å². The van der Waals surface area contributed by atoms with Gasteiger partial charge in [-0.3, -0.25) is 4.31 Å². The van der Waals surface area contributed by atoms with E-state index in [0.717, 1.165) is 16.6 Å². The molecule has 0 spiro atoms. The lowest BCUT2D eigenvalue weighted by Crippen LogP contribution is -2.25. The highest BCUT2D eigenvalue weighted by atomic mass is 32.2. The van der Waals surface area contributed by atoms with Gasteiger partial charge in [-0.15, -0.1) is 0 Å². The van der Waals surface area contributed by atoms with Gasteiger partial charge < -0.3 is 0 Å². The minimum Gasteiger partial charge on any atom is -0.257 e. The van der Waals surface area contributed by atoms with Crippen LogP contribution in [-0.2, 0) is 10.0 Å². The van der Waals surface area contributed by atoms with Crippen molar-refractivity contribution in [2.75, 3.05) is 17.6 Å². The van der Waals surface area contributed by atoms with E-state index in [1.807, 2.05) is 0 Å². The first kappa shape index (κ1) is 9.91. The van der Waals surface area contributed by atoms with Crippen molar-refractivity contribution < 1.29 is 12.8 Å². The van der Waals surface area contributed by atoms with Gasteiger partial charge in [0.15, 0.2) is 0 Å². The van der Waals surface area contributed by atoms with Gasteiger partial charge >= 0.3 is 0 Å². The zero-order valence-electron chi connectivity index (χ0n) is 7.23. The maximum Gasteiger partial charge on any atom is 0.233 e.